The van der Waals surface area contributed by atoms with E-state index in [9.17, 15) is 18.0 Å². The highest BCUT2D eigenvalue weighted by atomic mass is 32.2. The van der Waals surface area contributed by atoms with Crippen molar-refractivity contribution in [3.05, 3.63) is 65.7 Å². The number of nitrogens with zero attached hydrogens (tertiary/aromatic N) is 2. The van der Waals surface area contributed by atoms with E-state index in [1.165, 1.54) is 4.90 Å². The van der Waals surface area contributed by atoms with Crippen molar-refractivity contribution in [3.63, 3.8) is 0 Å². The molecule has 0 aliphatic carbocycles. The Kier molecular flexibility index (Phi) is 8.62. The second-order valence-electron chi connectivity index (χ2n) is 7.52. The molecule has 1 atom stereocenters. The lowest BCUT2D eigenvalue weighted by atomic mass is 10.1. The number of carbonyl (C=O) groups excluding carboxylic acids is 2. The zero-order chi connectivity index (χ0) is 23.0. The lowest BCUT2D eigenvalue weighted by Gasteiger charge is -2.31. The van der Waals surface area contributed by atoms with E-state index in [1.54, 1.807) is 37.3 Å². The van der Waals surface area contributed by atoms with Crippen molar-refractivity contribution < 1.29 is 18.0 Å². The Morgan fingerprint density at radius 1 is 1.03 bits per heavy atom. The number of aryl methyl sites for hydroxylation is 1. The van der Waals surface area contributed by atoms with Crippen LogP contribution in [0, 0.1) is 6.92 Å². The summed E-state index contributed by atoms with van der Waals surface area (Å²) in [6.45, 7) is 5.87. The minimum absolute atomic E-state index is 0.207. The van der Waals surface area contributed by atoms with Crippen LogP contribution in [0.3, 0.4) is 0 Å². The molecule has 0 heterocycles. The molecular weight excluding hydrogens is 414 g/mol. The second-order valence-corrected chi connectivity index (χ2v) is 9.43. The van der Waals surface area contributed by atoms with Gasteiger partial charge < -0.3 is 10.2 Å². The molecule has 2 rings (SSSR count). The summed E-state index contributed by atoms with van der Waals surface area (Å²) in [5, 5.41) is 2.82. The molecule has 0 radical (unpaired) electrons. The SMILES string of the molecule is CCCNC(=O)C(C)N(Cc1ccccc1C)C(=O)CN(c1ccccc1)S(C)(=O)=O. The Labute approximate surface area is 185 Å². The minimum atomic E-state index is -3.70. The topological polar surface area (TPSA) is 86.8 Å². The van der Waals surface area contributed by atoms with Gasteiger partial charge in [-0.25, -0.2) is 8.42 Å². The van der Waals surface area contributed by atoms with E-state index in [-0.39, 0.29) is 19.0 Å². The van der Waals surface area contributed by atoms with Crippen LogP contribution in [-0.4, -0.2) is 50.5 Å². The Morgan fingerprint density at radius 3 is 2.23 bits per heavy atom. The molecule has 2 aromatic carbocycles. The maximum Gasteiger partial charge on any atom is 0.244 e. The van der Waals surface area contributed by atoms with Gasteiger partial charge in [0.05, 0.1) is 11.9 Å². The third-order valence-corrected chi connectivity index (χ3v) is 6.18. The Balaban J connectivity index is 2.35. The monoisotopic (exact) mass is 445 g/mol. The fraction of sp³-hybridized carbons (Fsp3) is 0.391. The lowest BCUT2D eigenvalue weighted by Crippen LogP contribution is -2.51. The van der Waals surface area contributed by atoms with Gasteiger partial charge in [-0.1, -0.05) is 49.4 Å². The van der Waals surface area contributed by atoms with Gasteiger partial charge in [-0.2, -0.15) is 0 Å². The molecule has 0 aliphatic heterocycles. The molecular formula is C23H31N3O4S. The van der Waals surface area contributed by atoms with Crippen LogP contribution in [0.15, 0.2) is 54.6 Å². The van der Waals surface area contributed by atoms with Crippen molar-refractivity contribution in [2.24, 2.45) is 0 Å². The highest BCUT2D eigenvalue weighted by molar-refractivity contribution is 7.92. The van der Waals surface area contributed by atoms with Gasteiger partial charge in [0.1, 0.15) is 12.6 Å². The first kappa shape index (κ1) is 24.4. The van der Waals surface area contributed by atoms with E-state index in [1.807, 2.05) is 38.1 Å². The number of para-hydroxylation sites is 1. The summed E-state index contributed by atoms with van der Waals surface area (Å²) < 4.78 is 25.9. The Bertz CT molecular complexity index is 993. The van der Waals surface area contributed by atoms with E-state index in [4.69, 9.17) is 0 Å². The average molecular weight is 446 g/mol. The quantitative estimate of drug-likeness (QED) is 0.609. The number of carbonyl (C=O) groups is 2. The molecule has 7 nitrogen and oxygen atoms in total. The molecule has 2 aromatic rings. The summed E-state index contributed by atoms with van der Waals surface area (Å²) in [5.41, 5.74) is 2.29. The van der Waals surface area contributed by atoms with Gasteiger partial charge in [0.15, 0.2) is 0 Å². The number of amides is 2. The molecule has 8 heteroatoms. The predicted octanol–water partition coefficient (Wildman–Crippen LogP) is 2.70. The summed E-state index contributed by atoms with van der Waals surface area (Å²) in [5.74, 6) is -0.717. The largest absolute Gasteiger partial charge is 0.354 e. The van der Waals surface area contributed by atoms with Gasteiger partial charge in [-0.15, -0.1) is 0 Å². The number of hydrogen-bond acceptors (Lipinski definition) is 4. The van der Waals surface area contributed by atoms with Crippen LogP contribution in [0.25, 0.3) is 0 Å². The summed E-state index contributed by atoms with van der Waals surface area (Å²) >= 11 is 0. The van der Waals surface area contributed by atoms with Crippen molar-refractivity contribution in [2.75, 3.05) is 23.7 Å². The fourth-order valence-electron chi connectivity index (χ4n) is 3.16. The van der Waals surface area contributed by atoms with Gasteiger partial charge >= 0.3 is 0 Å². The van der Waals surface area contributed by atoms with E-state index in [2.05, 4.69) is 5.32 Å². The van der Waals surface area contributed by atoms with Crippen LogP contribution in [0.1, 0.15) is 31.4 Å². The second kappa shape index (κ2) is 10.9. The van der Waals surface area contributed by atoms with Gasteiger partial charge in [0.25, 0.3) is 0 Å². The minimum Gasteiger partial charge on any atom is -0.354 e. The number of rotatable bonds is 10. The van der Waals surface area contributed by atoms with E-state index >= 15 is 0 Å². The predicted molar refractivity (Wildman–Crippen MR) is 123 cm³/mol. The van der Waals surface area contributed by atoms with Crippen LogP contribution in [0.4, 0.5) is 5.69 Å². The summed E-state index contributed by atoms with van der Waals surface area (Å²) in [6, 6.07) is 15.3. The third kappa shape index (κ3) is 6.82. The summed E-state index contributed by atoms with van der Waals surface area (Å²) in [7, 11) is -3.70. The molecule has 1 N–H and O–H groups in total. The van der Waals surface area contributed by atoms with Crippen LogP contribution in [0.2, 0.25) is 0 Å². The zero-order valence-electron chi connectivity index (χ0n) is 18.5. The first-order chi connectivity index (χ1) is 14.6. The van der Waals surface area contributed by atoms with E-state index in [0.29, 0.717) is 12.2 Å². The molecule has 2 amide bonds. The van der Waals surface area contributed by atoms with Gasteiger partial charge in [-0.05, 0) is 43.5 Å². The maximum atomic E-state index is 13.3. The molecule has 0 spiro atoms. The standard InChI is InChI=1S/C23H31N3O4S/c1-5-15-24-23(28)19(3)25(16-20-12-10-9-11-18(20)2)22(27)17-26(31(4,29)30)21-13-7-6-8-14-21/h6-14,19H,5,15-17H2,1-4H3,(H,24,28). The molecule has 168 valence electrons. The van der Waals surface area contributed by atoms with Crippen LogP contribution >= 0.6 is 0 Å². The Hall–Kier alpha value is -2.87. The van der Waals surface area contributed by atoms with Crippen molar-refractivity contribution in [2.45, 2.75) is 39.8 Å². The first-order valence-corrected chi connectivity index (χ1v) is 12.1. The number of sulfonamides is 1. The van der Waals surface area contributed by atoms with Crippen molar-refractivity contribution >= 4 is 27.5 Å². The fourth-order valence-corrected chi connectivity index (χ4v) is 4.01. The highest BCUT2D eigenvalue weighted by Gasteiger charge is 2.30. The molecule has 31 heavy (non-hydrogen) atoms. The normalized spacial score (nSPS) is 12.1. The number of nitrogens with one attached hydrogen (secondary N) is 1. The molecule has 0 aromatic heterocycles. The smallest absolute Gasteiger partial charge is 0.244 e. The summed E-state index contributed by atoms with van der Waals surface area (Å²) in [4.78, 5) is 27.4. The molecule has 0 bridgehead atoms. The Morgan fingerprint density at radius 2 is 1.65 bits per heavy atom. The van der Waals surface area contributed by atoms with Crippen molar-refractivity contribution in [1.29, 1.82) is 0 Å². The van der Waals surface area contributed by atoms with E-state index < -0.39 is 22.0 Å². The first-order valence-electron chi connectivity index (χ1n) is 10.3. The molecule has 0 fully saturated rings. The summed E-state index contributed by atoms with van der Waals surface area (Å²) in [6.07, 6.45) is 1.84. The third-order valence-electron chi connectivity index (χ3n) is 5.04. The molecule has 1 unspecified atom stereocenters. The van der Waals surface area contributed by atoms with Crippen molar-refractivity contribution in [1.82, 2.24) is 10.2 Å². The highest BCUT2D eigenvalue weighted by Crippen LogP contribution is 2.19. The van der Waals surface area contributed by atoms with Crippen molar-refractivity contribution in [3.8, 4) is 0 Å². The molecule has 0 saturated heterocycles. The molecule has 0 aliphatic rings. The van der Waals surface area contributed by atoms with Crippen LogP contribution in [0.5, 0.6) is 0 Å². The average Bonchev–Trinajstić information content (AvgIpc) is 2.74. The van der Waals surface area contributed by atoms with Crippen LogP contribution in [-0.2, 0) is 26.2 Å². The molecule has 0 saturated carbocycles. The zero-order valence-corrected chi connectivity index (χ0v) is 19.4. The maximum absolute atomic E-state index is 13.3. The van der Waals surface area contributed by atoms with E-state index in [0.717, 1.165) is 28.1 Å². The van der Waals surface area contributed by atoms with Gasteiger partial charge in [0.2, 0.25) is 21.8 Å². The lowest BCUT2D eigenvalue weighted by molar-refractivity contribution is -0.139. The van der Waals surface area contributed by atoms with Crippen LogP contribution < -0.4 is 9.62 Å². The number of hydrogen-bond donors (Lipinski definition) is 1. The number of benzene rings is 2. The number of anilines is 1. The van der Waals surface area contributed by atoms with Gasteiger partial charge in [-0.3, -0.25) is 13.9 Å². The van der Waals surface area contributed by atoms with Gasteiger partial charge in [0, 0.05) is 13.1 Å².